The molecule has 0 bridgehead atoms. The molecule has 1 aromatic carbocycles. The molecular weight excluding hydrogens is 410 g/mol. The van der Waals surface area contributed by atoms with Gasteiger partial charge in [0.15, 0.2) is 10.0 Å². The van der Waals surface area contributed by atoms with Gasteiger partial charge in [0.25, 0.3) is 5.56 Å². The smallest absolute Gasteiger partial charge is 0.330 e. The molecule has 3 rings (SSSR count). The molecule has 0 saturated heterocycles. The van der Waals surface area contributed by atoms with Crippen LogP contribution in [0, 0.1) is 0 Å². The SMILES string of the molecule is CCCCn1c(N)c(N(CC)C(=O)CSc2nc3ccccc3s2)c(=O)[nH]c1=O. The number of nitrogens with zero attached hydrogens (tertiary/aromatic N) is 3. The highest BCUT2D eigenvalue weighted by Gasteiger charge is 2.23. The number of thioether (sulfide) groups is 1. The molecule has 3 aromatic rings. The lowest BCUT2D eigenvalue weighted by Crippen LogP contribution is -2.41. The van der Waals surface area contributed by atoms with Crippen molar-refractivity contribution in [3.8, 4) is 0 Å². The number of hydrogen-bond acceptors (Lipinski definition) is 7. The maximum Gasteiger partial charge on any atom is 0.330 e. The van der Waals surface area contributed by atoms with Crippen LogP contribution in [0.2, 0.25) is 0 Å². The molecule has 154 valence electrons. The van der Waals surface area contributed by atoms with E-state index in [9.17, 15) is 14.4 Å². The van der Waals surface area contributed by atoms with Gasteiger partial charge in [-0.2, -0.15) is 0 Å². The van der Waals surface area contributed by atoms with Crippen LogP contribution in [0.1, 0.15) is 26.7 Å². The van der Waals surface area contributed by atoms with Crippen molar-refractivity contribution in [2.45, 2.75) is 37.6 Å². The van der Waals surface area contributed by atoms with E-state index in [0.717, 1.165) is 27.4 Å². The van der Waals surface area contributed by atoms with Gasteiger partial charge in [-0.1, -0.05) is 37.2 Å². The van der Waals surface area contributed by atoms with Crippen molar-refractivity contribution < 1.29 is 4.79 Å². The van der Waals surface area contributed by atoms with E-state index in [4.69, 9.17) is 5.73 Å². The Morgan fingerprint density at radius 1 is 1.31 bits per heavy atom. The van der Waals surface area contributed by atoms with Crippen LogP contribution in [0.3, 0.4) is 0 Å². The van der Waals surface area contributed by atoms with E-state index >= 15 is 0 Å². The quantitative estimate of drug-likeness (QED) is 0.528. The first-order valence-electron chi connectivity index (χ1n) is 9.37. The van der Waals surface area contributed by atoms with Crippen LogP contribution >= 0.6 is 23.1 Å². The standard InChI is InChI=1S/C19H23N5O3S2/c1-3-5-10-24-16(20)15(17(26)22-18(24)27)23(4-2)14(25)11-28-19-21-12-8-6-7-9-13(12)29-19/h6-9H,3-5,10-11,20H2,1-2H3,(H,22,26,27). The molecule has 29 heavy (non-hydrogen) atoms. The number of carbonyl (C=O) groups excluding carboxylic acids is 1. The zero-order valence-electron chi connectivity index (χ0n) is 16.3. The number of amides is 1. The number of aromatic nitrogens is 3. The minimum absolute atomic E-state index is 0.0207. The number of nitrogens with one attached hydrogen (secondary N) is 1. The monoisotopic (exact) mass is 433 g/mol. The number of nitrogens with two attached hydrogens (primary N) is 1. The Labute approximate surface area is 175 Å². The van der Waals surface area contributed by atoms with Crippen LogP contribution in [0.5, 0.6) is 0 Å². The van der Waals surface area contributed by atoms with E-state index < -0.39 is 11.2 Å². The normalized spacial score (nSPS) is 11.1. The summed E-state index contributed by atoms with van der Waals surface area (Å²) in [6.45, 7) is 4.41. The van der Waals surface area contributed by atoms with Gasteiger partial charge in [0.1, 0.15) is 5.82 Å². The highest BCUT2D eigenvalue weighted by Crippen LogP contribution is 2.30. The number of aromatic amines is 1. The number of unbranched alkanes of at least 4 members (excludes halogenated alkanes) is 1. The molecule has 0 aliphatic heterocycles. The average molecular weight is 434 g/mol. The molecule has 2 heterocycles. The second-order valence-electron chi connectivity index (χ2n) is 6.37. The topological polar surface area (TPSA) is 114 Å². The molecule has 3 N–H and O–H groups in total. The van der Waals surface area contributed by atoms with Crippen LogP contribution in [-0.2, 0) is 11.3 Å². The second kappa shape index (κ2) is 9.27. The molecule has 10 heteroatoms. The summed E-state index contributed by atoms with van der Waals surface area (Å²) in [5.74, 6) is -0.136. The fourth-order valence-corrected chi connectivity index (χ4v) is 4.89. The number of benzene rings is 1. The van der Waals surface area contributed by atoms with E-state index in [2.05, 4.69) is 9.97 Å². The summed E-state index contributed by atoms with van der Waals surface area (Å²) in [5, 5.41) is 0. The molecule has 0 radical (unpaired) electrons. The van der Waals surface area contributed by atoms with Crippen molar-refractivity contribution in [2.24, 2.45) is 0 Å². The Balaban J connectivity index is 1.83. The zero-order chi connectivity index (χ0) is 21.0. The van der Waals surface area contributed by atoms with Gasteiger partial charge in [0.05, 0.1) is 16.0 Å². The molecule has 0 fully saturated rings. The fraction of sp³-hybridized carbons (Fsp3) is 0.368. The molecule has 0 spiro atoms. The summed E-state index contributed by atoms with van der Waals surface area (Å²) >= 11 is 2.84. The molecular formula is C19H23N5O3S2. The minimum Gasteiger partial charge on any atom is -0.383 e. The van der Waals surface area contributed by atoms with E-state index in [1.807, 2.05) is 31.2 Å². The van der Waals surface area contributed by atoms with Crippen molar-refractivity contribution in [3.05, 3.63) is 45.1 Å². The van der Waals surface area contributed by atoms with Crippen molar-refractivity contribution in [1.82, 2.24) is 14.5 Å². The third-order valence-electron chi connectivity index (χ3n) is 4.43. The van der Waals surface area contributed by atoms with Gasteiger partial charge in [-0.25, -0.2) is 9.78 Å². The molecule has 2 aromatic heterocycles. The number of carbonyl (C=O) groups is 1. The number of para-hydroxylation sites is 1. The lowest BCUT2D eigenvalue weighted by molar-refractivity contribution is -0.116. The first-order chi connectivity index (χ1) is 14.0. The predicted octanol–water partition coefficient (Wildman–Crippen LogP) is 2.67. The number of thiazole rings is 1. The van der Waals surface area contributed by atoms with E-state index in [1.54, 1.807) is 6.92 Å². The fourth-order valence-electron chi connectivity index (χ4n) is 2.95. The molecule has 0 aliphatic carbocycles. The molecule has 0 aliphatic rings. The van der Waals surface area contributed by atoms with Gasteiger partial charge in [-0.15, -0.1) is 11.3 Å². The van der Waals surface area contributed by atoms with Gasteiger partial charge >= 0.3 is 5.69 Å². The van der Waals surface area contributed by atoms with E-state index in [1.165, 1.54) is 32.6 Å². The summed E-state index contributed by atoms with van der Waals surface area (Å²) in [5.41, 5.74) is 5.84. The summed E-state index contributed by atoms with van der Waals surface area (Å²) in [6.07, 6.45) is 1.61. The zero-order valence-corrected chi connectivity index (χ0v) is 17.9. The number of nitrogen functional groups attached to an aromatic ring is 1. The van der Waals surface area contributed by atoms with Crippen molar-refractivity contribution in [1.29, 1.82) is 0 Å². The molecule has 1 amide bonds. The van der Waals surface area contributed by atoms with Crippen LogP contribution in [0.15, 0.2) is 38.2 Å². The lowest BCUT2D eigenvalue weighted by atomic mass is 10.3. The van der Waals surface area contributed by atoms with Gasteiger partial charge in [0, 0.05) is 13.1 Å². The van der Waals surface area contributed by atoms with Gasteiger partial charge in [-0.05, 0) is 25.5 Å². The number of anilines is 2. The Bertz CT molecular complexity index is 1100. The van der Waals surface area contributed by atoms with Crippen LogP contribution < -0.4 is 21.9 Å². The van der Waals surface area contributed by atoms with Gasteiger partial charge < -0.3 is 10.6 Å². The Morgan fingerprint density at radius 2 is 2.07 bits per heavy atom. The number of H-pyrrole nitrogens is 1. The Kier molecular flexibility index (Phi) is 6.75. The molecule has 0 atom stereocenters. The van der Waals surface area contributed by atoms with Crippen molar-refractivity contribution >= 4 is 50.7 Å². The molecule has 0 unspecified atom stereocenters. The number of fused-ring (bicyclic) bond motifs is 1. The summed E-state index contributed by atoms with van der Waals surface area (Å²) < 4.78 is 3.15. The van der Waals surface area contributed by atoms with E-state index in [-0.39, 0.29) is 29.7 Å². The van der Waals surface area contributed by atoms with E-state index in [0.29, 0.717) is 6.54 Å². The average Bonchev–Trinajstić information content (AvgIpc) is 3.12. The first kappa shape index (κ1) is 21.1. The van der Waals surface area contributed by atoms with Crippen LogP contribution in [0.4, 0.5) is 11.5 Å². The Hall–Kier alpha value is -2.59. The molecule has 0 saturated carbocycles. The summed E-state index contributed by atoms with van der Waals surface area (Å²) in [7, 11) is 0. The lowest BCUT2D eigenvalue weighted by Gasteiger charge is -2.22. The minimum atomic E-state index is -0.652. The van der Waals surface area contributed by atoms with Gasteiger partial charge in [-0.3, -0.25) is 19.1 Å². The first-order valence-corrected chi connectivity index (χ1v) is 11.2. The largest absolute Gasteiger partial charge is 0.383 e. The highest BCUT2D eigenvalue weighted by atomic mass is 32.2. The number of rotatable bonds is 8. The predicted molar refractivity (Wildman–Crippen MR) is 119 cm³/mol. The van der Waals surface area contributed by atoms with Crippen molar-refractivity contribution in [3.63, 3.8) is 0 Å². The van der Waals surface area contributed by atoms with Crippen molar-refractivity contribution in [2.75, 3.05) is 22.9 Å². The summed E-state index contributed by atoms with van der Waals surface area (Å²) in [6, 6.07) is 7.78. The van der Waals surface area contributed by atoms with Crippen LogP contribution in [-0.4, -0.2) is 32.7 Å². The third kappa shape index (κ3) is 4.54. The maximum atomic E-state index is 12.9. The third-order valence-corrected chi connectivity index (χ3v) is 6.59. The number of hydrogen-bond donors (Lipinski definition) is 2. The Morgan fingerprint density at radius 3 is 2.76 bits per heavy atom. The highest BCUT2D eigenvalue weighted by molar-refractivity contribution is 8.01. The molecule has 8 nitrogen and oxygen atoms in total. The van der Waals surface area contributed by atoms with Gasteiger partial charge in [0.2, 0.25) is 5.91 Å². The maximum absolute atomic E-state index is 12.9. The summed E-state index contributed by atoms with van der Waals surface area (Å²) in [4.78, 5) is 45.5. The second-order valence-corrected chi connectivity index (χ2v) is 8.63. The van der Waals surface area contributed by atoms with Crippen LogP contribution in [0.25, 0.3) is 10.2 Å².